The molecule has 34 heavy (non-hydrogen) atoms. The minimum absolute atomic E-state index is 0.0121. The van der Waals surface area contributed by atoms with Crippen LogP contribution in [0.25, 0.3) is 5.57 Å². The van der Waals surface area contributed by atoms with Crippen LogP contribution in [-0.4, -0.2) is 60.3 Å². The number of hydrogen-bond acceptors (Lipinski definition) is 8. The zero-order valence-corrected chi connectivity index (χ0v) is 19.8. The number of aromatic nitrogens is 2. The van der Waals surface area contributed by atoms with Crippen molar-refractivity contribution in [2.45, 2.75) is 38.9 Å². The fourth-order valence-electron chi connectivity index (χ4n) is 3.74. The molecule has 2 aromatic rings. The first-order valence-electron chi connectivity index (χ1n) is 10.8. The standard InChI is InChI=1S/C22H25F2N5O4S/c1-22(2,3)33-21(31)29(19-27-26-12-34-19)11-15-10-28(20(30)32-15)14-8-16(23)18(17(24)9-14)13-4-6-25-7-5-13/h4,8-9,12,15,25H,5-7,10-11H2,1-3H3/t15-/m1/s1. The van der Waals surface area contributed by atoms with E-state index in [1.54, 1.807) is 26.8 Å². The third kappa shape index (κ3) is 5.33. The topological polar surface area (TPSA) is 96.9 Å². The number of nitrogens with zero attached hydrogens (tertiary/aromatic N) is 4. The average molecular weight is 494 g/mol. The van der Waals surface area contributed by atoms with Gasteiger partial charge in [0.05, 0.1) is 18.8 Å². The van der Waals surface area contributed by atoms with E-state index < -0.39 is 35.5 Å². The van der Waals surface area contributed by atoms with Gasteiger partial charge in [-0.15, -0.1) is 10.2 Å². The normalized spacial score (nSPS) is 18.5. The minimum Gasteiger partial charge on any atom is -0.443 e. The van der Waals surface area contributed by atoms with Crippen LogP contribution in [0.15, 0.2) is 23.7 Å². The lowest BCUT2D eigenvalue weighted by atomic mass is 9.98. The maximum absolute atomic E-state index is 14.9. The Hall–Kier alpha value is -3.12. The van der Waals surface area contributed by atoms with Gasteiger partial charge in [-0.1, -0.05) is 17.4 Å². The molecule has 2 amide bonds. The van der Waals surface area contributed by atoms with Crippen molar-refractivity contribution in [3.63, 3.8) is 0 Å². The fourth-order valence-corrected chi connectivity index (χ4v) is 4.29. The quantitative estimate of drug-likeness (QED) is 0.673. The Morgan fingerprint density at radius 1 is 1.35 bits per heavy atom. The van der Waals surface area contributed by atoms with E-state index in [4.69, 9.17) is 9.47 Å². The molecule has 2 aliphatic rings. The monoisotopic (exact) mass is 493 g/mol. The first-order valence-corrected chi connectivity index (χ1v) is 11.6. The number of benzene rings is 1. The average Bonchev–Trinajstić information content (AvgIpc) is 3.40. The Morgan fingerprint density at radius 2 is 2.09 bits per heavy atom. The molecular weight excluding hydrogens is 468 g/mol. The third-order valence-corrected chi connectivity index (χ3v) is 5.89. The van der Waals surface area contributed by atoms with E-state index in [9.17, 15) is 18.4 Å². The molecule has 1 aromatic carbocycles. The lowest BCUT2D eigenvalue weighted by molar-refractivity contribution is 0.0558. The van der Waals surface area contributed by atoms with Gasteiger partial charge in [0.15, 0.2) is 0 Å². The summed E-state index contributed by atoms with van der Waals surface area (Å²) in [4.78, 5) is 27.7. The summed E-state index contributed by atoms with van der Waals surface area (Å²) in [5, 5.41) is 11.0. The van der Waals surface area contributed by atoms with Crippen molar-refractivity contribution in [1.82, 2.24) is 15.5 Å². The number of nitrogens with one attached hydrogen (secondary N) is 1. The molecule has 12 heteroatoms. The number of halogens is 2. The first kappa shape index (κ1) is 24.0. The number of rotatable bonds is 5. The van der Waals surface area contributed by atoms with Crippen molar-refractivity contribution in [3.05, 3.63) is 40.9 Å². The van der Waals surface area contributed by atoms with Crippen molar-refractivity contribution in [2.75, 3.05) is 36.0 Å². The van der Waals surface area contributed by atoms with Gasteiger partial charge >= 0.3 is 12.2 Å². The van der Waals surface area contributed by atoms with E-state index in [1.165, 1.54) is 10.4 Å². The second kappa shape index (κ2) is 9.63. The van der Waals surface area contributed by atoms with Gasteiger partial charge in [0.25, 0.3) is 0 Å². The molecule has 1 N–H and O–H groups in total. The summed E-state index contributed by atoms with van der Waals surface area (Å²) in [5.74, 6) is -1.49. The van der Waals surface area contributed by atoms with Gasteiger partial charge in [0.2, 0.25) is 5.13 Å². The van der Waals surface area contributed by atoms with Crippen LogP contribution in [-0.2, 0) is 9.47 Å². The lowest BCUT2D eigenvalue weighted by Gasteiger charge is -2.26. The van der Waals surface area contributed by atoms with Crippen LogP contribution in [0.4, 0.5) is 29.2 Å². The van der Waals surface area contributed by atoms with Crippen LogP contribution in [0, 0.1) is 11.6 Å². The van der Waals surface area contributed by atoms with Crippen molar-refractivity contribution in [3.8, 4) is 0 Å². The zero-order valence-electron chi connectivity index (χ0n) is 19.0. The van der Waals surface area contributed by atoms with Crippen molar-refractivity contribution >= 4 is 39.9 Å². The number of cyclic esters (lactones) is 1. The maximum atomic E-state index is 14.9. The predicted octanol–water partition coefficient (Wildman–Crippen LogP) is 3.96. The van der Waals surface area contributed by atoms with Crippen LogP contribution < -0.4 is 15.1 Å². The number of hydrogen-bond donors (Lipinski definition) is 1. The molecule has 0 saturated carbocycles. The van der Waals surface area contributed by atoms with E-state index in [0.717, 1.165) is 28.4 Å². The Balaban J connectivity index is 1.52. The second-order valence-corrected chi connectivity index (χ2v) is 9.71. The van der Waals surface area contributed by atoms with Gasteiger partial charge in [-0.25, -0.2) is 23.3 Å². The summed E-state index contributed by atoms with van der Waals surface area (Å²) in [6.45, 7) is 6.29. The molecule has 1 saturated heterocycles. The van der Waals surface area contributed by atoms with Gasteiger partial charge in [0, 0.05) is 12.1 Å². The molecule has 182 valence electrons. The second-order valence-electron chi connectivity index (χ2n) is 8.90. The molecule has 4 rings (SSSR count). The highest BCUT2D eigenvalue weighted by Crippen LogP contribution is 2.32. The number of carbonyl (C=O) groups excluding carboxylic acids is 2. The van der Waals surface area contributed by atoms with Crippen molar-refractivity contribution in [2.24, 2.45) is 0 Å². The Kier molecular flexibility index (Phi) is 6.80. The molecule has 0 unspecified atom stereocenters. The Morgan fingerprint density at radius 3 is 2.68 bits per heavy atom. The molecule has 0 bridgehead atoms. The van der Waals surface area contributed by atoms with E-state index in [-0.39, 0.29) is 29.5 Å². The largest absolute Gasteiger partial charge is 0.443 e. The summed E-state index contributed by atoms with van der Waals surface area (Å²) < 4.78 is 40.6. The summed E-state index contributed by atoms with van der Waals surface area (Å²) >= 11 is 1.13. The number of anilines is 2. The van der Waals surface area contributed by atoms with Crippen LogP contribution in [0.3, 0.4) is 0 Å². The SMILES string of the molecule is CC(C)(C)OC(=O)N(C[C@H]1CN(c2cc(F)c(C3=CCNCC3)c(F)c2)C(=O)O1)c1nncs1. The highest BCUT2D eigenvalue weighted by Gasteiger charge is 2.37. The molecule has 0 spiro atoms. The smallest absolute Gasteiger partial charge is 0.416 e. The van der Waals surface area contributed by atoms with Gasteiger partial charge < -0.3 is 14.8 Å². The van der Waals surface area contributed by atoms with Crippen molar-refractivity contribution < 1.29 is 27.8 Å². The molecule has 1 aromatic heterocycles. The molecular formula is C22H25F2N5O4S. The minimum atomic E-state index is -0.776. The van der Waals surface area contributed by atoms with E-state index in [0.29, 0.717) is 25.1 Å². The predicted molar refractivity (Wildman–Crippen MR) is 123 cm³/mol. The van der Waals surface area contributed by atoms with Crippen LogP contribution in [0.1, 0.15) is 32.8 Å². The molecule has 0 radical (unpaired) electrons. The molecule has 0 aliphatic carbocycles. The molecule has 1 fully saturated rings. The maximum Gasteiger partial charge on any atom is 0.416 e. The van der Waals surface area contributed by atoms with Crippen LogP contribution in [0.2, 0.25) is 0 Å². The highest BCUT2D eigenvalue weighted by molar-refractivity contribution is 7.13. The molecule has 1 atom stereocenters. The van der Waals surface area contributed by atoms with Gasteiger partial charge in [-0.3, -0.25) is 4.90 Å². The third-order valence-electron chi connectivity index (χ3n) is 5.18. The molecule has 9 nitrogen and oxygen atoms in total. The van der Waals surface area contributed by atoms with Crippen LogP contribution in [0.5, 0.6) is 0 Å². The molecule has 2 aliphatic heterocycles. The molecule has 3 heterocycles. The number of amides is 2. The van der Waals surface area contributed by atoms with Crippen LogP contribution >= 0.6 is 11.3 Å². The van der Waals surface area contributed by atoms with Gasteiger partial charge in [-0.2, -0.15) is 0 Å². The summed E-state index contributed by atoms with van der Waals surface area (Å²) in [5.41, 5.74) is 1.26. The Labute approximate surface area is 199 Å². The summed E-state index contributed by atoms with van der Waals surface area (Å²) in [7, 11) is 0. The summed E-state index contributed by atoms with van der Waals surface area (Å²) in [6.07, 6.45) is 0.0488. The Bertz CT molecular complexity index is 1080. The fraction of sp³-hybridized carbons (Fsp3) is 0.455. The van der Waals surface area contributed by atoms with Crippen molar-refractivity contribution in [1.29, 1.82) is 0 Å². The lowest BCUT2D eigenvalue weighted by Crippen LogP contribution is -2.42. The van der Waals surface area contributed by atoms with Gasteiger partial charge in [-0.05, 0) is 51.4 Å². The van der Waals surface area contributed by atoms with Gasteiger partial charge in [0.1, 0.15) is 28.8 Å². The summed E-state index contributed by atoms with van der Waals surface area (Å²) in [6, 6.07) is 2.25. The first-order chi connectivity index (χ1) is 16.1. The highest BCUT2D eigenvalue weighted by atomic mass is 32.1. The zero-order chi connectivity index (χ0) is 24.5. The van der Waals surface area contributed by atoms with E-state index >= 15 is 0 Å². The van der Waals surface area contributed by atoms with E-state index in [1.807, 2.05) is 0 Å². The number of ether oxygens (including phenoxy) is 2. The number of carbonyl (C=O) groups is 2. The van der Waals surface area contributed by atoms with E-state index in [2.05, 4.69) is 15.5 Å².